The van der Waals surface area contributed by atoms with Crippen molar-refractivity contribution in [1.82, 2.24) is 10.3 Å². The summed E-state index contributed by atoms with van der Waals surface area (Å²) >= 11 is 0. The molecule has 0 amide bonds. The molecule has 1 unspecified atom stereocenters. The first-order chi connectivity index (χ1) is 10.3. The summed E-state index contributed by atoms with van der Waals surface area (Å²) in [6, 6.07) is 8.08. The van der Waals surface area contributed by atoms with Crippen molar-refractivity contribution in [3.63, 3.8) is 0 Å². The Morgan fingerprint density at radius 2 is 2.29 bits per heavy atom. The molecule has 1 aliphatic rings. The molecule has 0 fully saturated rings. The van der Waals surface area contributed by atoms with Crippen molar-refractivity contribution in [2.75, 3.05) is 13.7 Å². The van der Waals surface area contributed by atoms with Crippen molar-refractivity contribution in [3.8, 4) is 5.75 Å². The average Bonchev–Trinajstić information content (AvgIpc) is 2.97. The van der Waals surface area contributed by atoms with Gasteiger partial charge in [0.2, 0.25) is 0 Å². The molecule has 3 nitrogen and oxygen atoms in total. The van der Waals surface area contributed by atoms with Gasteiger partial charge in [-0.15, -0.1) is 0 Å². The summed E-state index contributed by atoms with van der Waals surface area (Å²) in [5.74, 6) is 0.753. The first-order valence-corrected chi connectivity index (χ1v) is 7.29. The third-order valence-electron chi connectivity index (χ3n) is 4.00. The van der Waals surface area contributed by atoms with Crippen LogP contribution in [-0.4, -0.2) is 18.6 Å². The van der Waals surface area contributed by atoms with Crippen molar-refractivity contribution in [1.29, 1.82) is 0 Å². The van der Waals surface area contributed by atoms with Crippen molar-refractivity contribution in [3.05, 3.63) is 59.2 Å². The highest BCUT2D eigenvalue weighted by Crippen LogP contribution is 2.27. The number of nitrogens with zero attached hydrogens (tertiary/aromatic N) is 1. The zero-order valence-electron chi connectivity index (χ0n) is 12.1. The van der Waals surface area contributed by atoms with Gasteiger partial charge < -0.3 is 10.1 Å². The first kappa shape index (κ1) is 14.0. The van der Waals surface area contributed by atoms with Gasteiger partial charge in [-0.1, -0.05) is 12.1 Å². The Morgan fingerprint density at radius 3 is 3.10 bits per heavy atom. The molecule has 0 bridgehead atoms. The second-order valence-corrected chi connectivity index (χ2v) is 5.32. The quantitative estimate of drug-likeness (QED) is 0.917. The van der Waals surface area contributed by atoms with E-state index in [0.29, 0.717) is 5.56 Å². The summed E-state index contributed by atoms with van der Waals surface area (Å²) in [5, 5.41) is 3.19. The Balaban J connectivity index is 1.70. The maximum absolute atomic E-state index is 13.8. The molecule has 110 valence electrons. The number of nitrogens with one attached hydrogen (secondary N) is 1. The molecule has 0 aliphatic carbocycles. The van der Waals surface area contributed by atoms with Gasteiger partial charge >= 0.3 is 0 Å². The van der Waals surface area contributed by atoms with Crippen LogP contribution in [0.15, 0.2) is 36.7 Å². The average molecular weight is 286 g/mol. The van der Waals surface area contributed by atoms with Crippen molar-refractivity contribution < 1.29 is 9.13 Å². The molecule has 1 aromatic carbocycles. The molecule has 3 rings (SSSR count). The van der Waals surface area contributed by atoms with Crippen LogP contribution in [0.4, 0.5) is 4.39 Å². The number of pyridine rings is 1. The highest BCUT2D eigenvalue weighted by atomic mass is 19.1. The number of hydrogen-bond donors (Lipinski definition) is 1. The number of ether oxygens (including phenoxy) is 1. The van der Waals surface area contributed by atoms with Crippen LogP contribution in [-0.2, 0) is 12.8 Å². The lowest BCUT2D eigenvalue weighted by atomic mass is 9.98. The number of fused-ring (bicyclic) bond motifs is 1. The van der Waals surface area contributed by atoms with Gasteiger partial charge in [0, 0.05) is 24.2 Å². The van der Waals surface area contributed by atoms with Gasteiger partial charge in [0.1, 0.15) is 11.6 Å². The molecular weight excluding hydrogens is 267 g/mol. The number of rotatable bonds is 5. The standard InChI is InChI=1S/C17H19FN2O/c1-19-16(14-6-8-20-11-15(14)18)4-2-12-3-5-17-13(10-12)7-9-21-17/h3,5-6,8,10-11,16,19H,2,4,7,9H2,1H3. The molecule has 2 heterocycles. The van der Waals surface area contributed by atoms with E-state index < -0.39 is 0 Å². The minimum absolute atomic E-state index is 0.00231. The van der Waals surface area contributed by atoms with Crippen LogP contribution in [0.25, 0.3) is 0 Å². The van der Waals surface area contributed by atoms with E-state index in [0.717, 1.165) is 31.6 Å². The lowest BCUT2D eigenvalue weighted by Crippen LogP contribution is -2.18. The molecule has 0 spiro atoms. The molecule has 0 saturated carbocycles. The Kier molecular flexibility index (Phi) is 4.15. The summed E-state index contributed by atoms with van der Waals surface area (Å²) in [6.07, 6.45) is 5.64. The maximum atomic E-state index is 13.8. The van der Waals surface area contributed by atoms with Crippen LogP contribution in [0.1, 0.15) is 29.2 Å². The van der Waals surface area contributed by atoms with E-state index in [9.17, 15) is 4.39 Å². The number of aryl methyl sites for hydroxylation is 1. The Labute approximate surface area is 124 Å². The van der Waals surface area contributed by atoms with Gasteiger partial charge in [0.15, 0.2) is 0 Å². The fraction of sp³-hybridized carbons (Fsp3) is 0.353. The lowest BCUT2D eigenvalue weighted by molar-refractivity contribution is 0.357. The van der Waals surface area contributed by atoms with Crippen LogP contribution in [0, 0.1) is 5.82 Å². The maximum Gasteiger partial charge on any atom is 0.146 e. The predicted molar refractivity (Wildman–Crippen MR) is 80.0 cm³/mol. The second-order valence-electron chi connectivity index (χ2n) is 5.32. The minimum Gasteiger partial charge on any atom is -0.493 e. The summed E-state index contributed by atoms with van der Waals surface area (Å²) in [6.45, 7) is 0.778. The topological polar surface area (TPSA) is 34.1 Å². The highest BCUT2D eigenvalue weighted by molar-refractivity contribution is 5.39. The molecule has 1 aliphatic heterocycles. The Morgan fingerprint density at radius 1 is 1.38 bits per heavy atom. The van der Waals surface area contributed by atoms with Crippen molar-refractivity contribution in [2.24, 2.45) is 0 Å². The fourth-order valence-corrected chi connectivity index (χ4v) is 2.83. The minimum atomic E-state index is -0.251. The van der Waals surface area contributed by atoms with Crippen LogP contribution >= 0.6 is 0 Å². The second kappa shape index (κ2) is 6.22. The van der Waals surface area contributed by atoms with E-state index in [1.807, 2.05) is 13.1 Å². The van der Waals surface area contributed by atoms with Gasteiger partial charge in [0.05, 0.1) is 12.8 Å². The van der Waals surface area contributed by atoms with Gasteiger partial charge in [0.25, 0.3) is 0 Å². The SMILES string of the molecule is CNC(CCc1ccc2c(c1)CCO2)c1ccncc1F. The van der Waals surface area contributed by atoms with Crippen LogP contribution in [0.3, 0.4) is 0 Å². The number of halogens is 1. The molecule has 21 heavy (non-hydrogen) atoms. The van der Waals surface area contributed by atoms with E-state index >= 15 is 0 Å². The van der Waals surface area contributed by atoms with Gasteiger partial charge in [-0.3, -0.25) is 4.98 Å². The molecule has 1 aromatic heterocycles. The van der Waals surface area contributed by atoms with Crippen molar-refractivity contribution >= 4 is 0 Å². The van der Waals surface area contributed by atoms with Crippen LogP contribution in [0.5, 0.6) is 5.75 Å². The third kappa shape index (κ3) is 3.05. The molecule has 1 atom stereocenters. The largest absolute Gasteiger partial charge is 0.493 e. The van der Waals surface area contributed by atoms with E-state index in [1.54, 1.807) is 12.3 Å². The van der Waals surface area contributed by atoms with E-state index in [-0.39, 0.29) is 11.9 Å². The normalized spacial score (nSPS) is 14.6. The monoisotopic (exact) mass is 286 g/mol. The van der Waals surface area contributed by atoms with Gasteiger partial charge in [-0.2, -0.15) is 0 Å². The van der Waals surface area contributed by atoms with E-state index in [4.69, 9.17) is 4.74 Å². The molecule has 0 radical (unpaired) electrons. The molecule has 2 aromatic rings. The van der Waals surface area contributed by atoms with Crippen LogP contribution in [0.2, 0.25) is 0 Å². The van der Waals surface area contributed by atoms with Crippen LogP contribution < -0.4 is 10.1 Å². The summed E-state index contributed by atoms with van der Waals surface area (Å²) in [4.78, 5) is 3.80. The van der Waals surface area contributed by atoms with E-state index in [2.05, 4.69) is 22.4 Å². The summed E-state index contributed by atoms with van der Waals surface area (Å²) in [7, 11) is 1.86. The molecule has 0 saturated heterocycles. The van der Waals surface area contributed by atoms with E-state index in [1.165, 1.54) is 17.3 Å². The molecular formula is C17H19FN2O. The molecule has 4 heteroatoms. The lowest BCUT2D eigenvalue weighted by Gasteiger charge is -2.17. The zero-order valence-corrected chi connectivity index (χ0v) is 12.1. The van der Waals surface area contributed by atoms with Crippen molar-refractivity contribution in [2.45, 2.75) is 25.3 Å². The third-order valence-corrected chi connectivity index (χ3v) is 4.00. The highest BCUT2D eigenvalue weighted by Gasteiger charge is 2.15. The zero-order chi connectivity index (χ0) is 14.7. The number of benzene rings is 1. The predicted octanol–water partition coefficient (Wildman–Crippen LogP) is 3.05. The molecule has 1 N–H and O–H groups in total. The smallest absolute Gasteiger partial charge is 0.146 e. The number of hydrogen-bond acceptors (Lipinski definition) is 3. The Hall–Kier alpha value is -1.94. The number of aromatic nitrogens is 1. The van der Waals surface area contributed by atoms with Gasteiger partial charge in [-0.25, -0.2) is 4.39 Å². The summed E-state index contributed by atoms with van der Waals surface area (Å²) < 4.78 is 19.3. The first-order valence-electron chi connectivity index (χ1n) is 7.29. The summed E-state index contributed by atoms with van der Waals surface area (Å²) in [5.41, 5.74) is 3.23. The van der Waals surface area contributed by atoms with Gasteiger partial charge in [-0.05, 0) is 43.1 Å². The fourth-order valence-electron chi connectivity index (χ4n) is 2.83. The Bertz CT molecular complexity index is 630.